The molecule has 1 aromatic rings. The minimum atomic E-state index is -0.917. The lowest BCUT2D eigenvalue weighted by Crippen LogP contribution is -2.39. The first kappa shape index (κ1) is 20.9. The predicted molar refractivity (Wildman–Crippen MR) is 105 cm³/mol. The molecule has 0 bridgehead atoms. The maximum Gasteiger partial charge on any atom is 0.191 e. The summed E-state index contributed by atoms with van der Waals surface area (Å²) in [5.41, 5.74) is -0.917. The molecular formula is C18H34N4OS. The van der Waals surface area contributed by atoms with E-state index < -0.39 is 5.60 Å². The van der Waals surface area contributed by atoms with Crippen LogP contribution < -0.4 is 10.6 Å². The van der Waals surface area contributed by atoms with Gasteiger partial charge in [-0.1, -0.05) is 19.9 Å². The van der Waals surface area contributed by atoms with Crippen LogP contribution in [-0.4, -0.2) is 55.2 Å². The fraction of sp³-hybridized carbons (Fsp3) is 0.722. The van der Waals surface area contributed by atoms with Gasteiger partial charge in [-0.05, 0) is 57.8 Å². The molecule has 3 N–H and O–H groups in total. The summed E-state index contributed by atoms with van der Waals surface area (Å²) < 4.78 is 0. The zero-order valence-electron chi connectivity index (χ0n) is 15.6. The summed E-state index contributed by atoms with van der Waals surface area (Å²) >= 11 is 1.56. The average molecular weight is 355 g/mol. The Morgan fingerprint density at radius 1 is 1.25 bits per heavy atom. The van der Waals surface area contributed by atoms with Gasteiger partial charge in [0.15, 0.2) is 5.96 Å². The van der Waals surface area contributed by atoms with Crippen molar-refractivity contribution in [1.82, 2.24) is 15.5 Å². The van der Waals surface area contributed by atoms with Gasteiger partial charge < -0.3 is 20.6 Å². The van der Waals surface area contributed by atoms with Crippen LogP contribution >= 0.6 is 11.3 Å². The number of hydrogen-bond acceptors (Lipinski definition) is 4. The molecule has 0 aliphatic heterocycles. The molecule has 0 aromatic carbocycles. The van der Waals surface area contributed by atoms with E-state index in [2.05, 4.69) is 41.3 Å². The molecule has 24 heavy (non-hydrogen) atoms. The second-order valence-electron chi connectivity index (χ2n) is 6.11. The second-order valence-corrected chi connectivity index (χ2v) is 7.05. The van der Waals surface area contributed by atoms with E-state index in [-0.39, 0.29) is 0 Å². The fourth-order valence-corrected chi connectivity index (χ4v) is 3.22. The van der Waals surface area contributed by atoms with Gasteiger partial charge in [0.1, 0.15) is 5.60 Å². The van der Waals surface area contributed by atoms with E-state index in [1.807, 2.05) is 24.4 Å². The normalized spacial score (nSPS) is 14.7. The Morgan fingerprint density at radius 2 is 2.00 bits per heavy atom. The molecule has 0 radical (unpaired) electrons. The second kappa shape index (κ2) is 11.4. The first-order chi connectivity index (χ1) is 11.5. The Morgan fingerprint density at radius 3 is 2.58 bits per heavy atom. The zero-order chi connectivity index (χ0) is 17.8. The number of aliphatic hydroxyl groups is 1. The largest absolute Gasteiger partial charge is 0.383 e. The molecule has 5 nitrogen and oxygen atoms in total. The maximum absolute atomic E-state index is 10.6. The van der Waals surface area contributed by atoms with Crippen molar-refractivity contribution in [2.24, 2.45) is 4.99 Å². The highest BCUT2D eigenvalue weighted by Gasteiger charge is 2.23. The lowest BCUT2D eigenvalue weighted by molar-refractivity contribution is 0.0711. The Hall–Kier alpha value is -1.11. The Kier molecular flexibility index (Phi) is 9.98. The van der Waals surface area contributed by atoms with Gasteiger partial charge in [-0.25, -0.2) is 4.99 Å². The highest BCUT2D eigenvalue weighted by atomic mass is 32.1. The third-order valence-corrected chi connectivity index (χ3v) is 5.15. The van der Waals surface area contributed by atoms with E-state index in [9.17, 15) is 5.11 Å². The van der Waals surface area contributed by atoms with Crippen molar-refractivity contribution in [3.8, 4) is 0 Å². The van der Waals surface area contributed by atoms with Crippen LogP contribution in [0.4, 0.5) is 0 Å². The summed E-state index contributed by atoms with van der Waals surface area (Å²) in [5.74, 6) is 0.775. The summed E-state index contributed by atoms with van der Waals surface area (Å²) in [6, 6.07) is 3.91. The predicted octanol–water partition coefficient (Wildman–Crippen LogP) is 2.63. The van der Waals surface area contributed by atoms with E-state index in [4.69, 9.17) is 0 Å². The van der Waals surface area contributed by atoms with Gasteiger partial charge in [0.05, 0.1) is 6.54 Å². The SMILES string of the molecule is CCNC(=NCC(C)(O)c1cccs1)NCCCCN(CC)CC. The third kappa shape index (κ3) is 7.64. The van der Waals surface area contributed by atoms with Gasteiger partial charge in [-0.3, -0.25) is 0 Å². The van der Waals surface area contributed by atoms with Crippen LogP contribution in [-0.2, 0) is 5.60 Å². The summed E-state index contributed by atoms with van der Waals surface area (Å²) in [4.78, 5) is 7.93. The quantitative estimate of drug-likeness (QED) is 0.325. The van der Waals surface area contributed by atoms with Crippen molar-refractivity contribution < 1.29 is 5.11 Å². The van der Waals surface area contributed by atoms with Crippen molar-refractivity contribution in [1.29, 1.82) is 0 Å². The molecule has 0 fully saturated rings. The van der Waals surface area contributed by atoms with Crippen LogP contribution in [0, 0.1) is 0 Å². The van der Waals surface area contributed by atoms with Crippen LogP contribution in [0.15, 0.2) is 22.5 Å². The molecule has 6 heteroatoms. The minimum absolute atomic E-state index is 0.349. The standard InChI is InChI=1S/C18H34N4OS/c1-5-19-17(20-12-8-9-13-22(6-2)7-3)21-15-18(4,23)16-11-10-14-24-16/h10-11,14,23H,5-9,12-13,15H2,1-4H3,(H2,19,20,21). The smallest absolute Gasteiger partial charge is 0.191 e. The number of thiophene rings is 1. The molecule has 1 heterocycles. The van der Waals surface area contributed by atoms with Gasteiger partial charge in [0, 0.05) is 18.0 Å². The Bertz CT molecular complexity index is 456. The number of aliphatic imine (C=N–C) groups is 1. The Labute approximate surface area is 151 Å². The van der Waals surface area contributed by atoms with Crippen LogP contribution in [0.3, 0.4) is 0 Å². The molecule has 0 amide bonds. The first-order valence-corrected chi connectivity index (χ1v) is 9.92. The van der Waals surface area contributed by atoms with Crippen LogP contribution in [0.2, 0.25) is 0 Å². The van der Waals surface area contributed by atoms with Crippen LogP contribution in [0.5, 0.6) is 0 Å². The molecule has 1 rings (SSSR count). The van der Waals surface area contributed by atoms with Gasteiger partial charge in [-0.2, -0.15) is 0 Å². The molecule has 0 aliphatic carbocycles. The molecule has 1 atom stereocenters. The first-order valence-electron chi connectivity index (χ1n) is 9.04. The summed E-state index contributed by atoms with van der Waals surface area (Å²) in [6.07, 6.45) is 2.29. The molecule has 0 aliphatic rings. The van der Waals surface area contributed by atoms with Crippen molar-refractivity contribution in [2.75, 3.05) is 39.3 Å². The molecule has 138 valence electrons. The highest BCUT2D eigenvalue weighted by Crippen LogP contribution is 2.25. The van der Waals surface area contributed by atoms with Gasteiger partial charge >= 0.3 is 0 Å². The molecular weight excluding hydrogens is 320 g/mol. The lowest BCUT2D eigenvalue weighted by Gasteiger charge is -2.21. The van der Waals surface area contributed by atoms with E-state index in [0.717, 1.165) is 50.0 Å². The highest BCUT2D eigenvalue weighted by molar-refractivity contribution is 7.10. The number of nitrogens with one attached hydrogen (secondary N) is 2. The summed E-state index contributed by atoms with van der Waals surface area (Å²) in [5, 5.41) is 19.1. The minimum Gasteiger partial charge on any atom is -0.383 e. The van der Waals surface area contributed by atoms with Gasteiger partial charge in [0.2, 0.25) is 0 Å². The van der Waals surface area contributed by atoms with Crippen molar-refractivity contribution in [3.63, 3.8) is 0 Å². The Balaban J connectivity index is 2.40. The van der Waals surface area contributed by atoms with Crippen molar-refractivity contribution in [3.05, 3.63) is 22.4 Å². The number of nitrogens with zero attached hydrogens (tertiary/aromatic N) is 2. The van der Waals surface area contributed by atoms with E-state index >= 15 is 0 Å². The lowest BCUT2D eigenvalue weighted by atomic mass is 10.1. The molecule has 0 spiro atoms. The topological polar surface area (TPSA) is 59.9 Å². The van der Waals surface area contributed by atoms with Crippen LogP contribution in [0.1, 0.15) is 45.4 Å². The molecule has 0 saturated carbocycles. The molecule has 1 unspecified atom stereocenters. The molecule has 1 aromatic heterocycles. The van der Waals surface area contributed by atoms with Crippen molar-refractivity contribution >= 4 is 17.3 Å². The van der Waals surface area contributed by atoms with E-state index in [1.165, 1.54) is 6.42 Å². The van der Waals surface area contributed by atoms with E-state index in [1.54, 1.807) is 11.3 Å². The maximum atomic E-state index is 10.6. The number of guanidine groups is 1. The average Bonchev–Trinajstić information content (AvgIpc) is 3.11. The number of hydrogen-bond donors (Lipinski definition) is 3. The number of unbranched alkanes of at least 4 members (excludes halogenated alkanes) is 1. The zero-order valence-corrected chi connectivity index (χ0v) is 16.5. The van der Waals surface area contributed by atoms with Gasteiger partial charge in [-0.15, -0.1) is 11.3 Å². The fourth-order valence-electron chi connectivity index (χ4n) is 2.44. The van der Waals surface area contributed by atoms with E-state index in [0.29, 0.717) is 6.54 Å². The third-order valence-electron chi connectivity index (χ3n) is 4.03. The monoisotopic (exact) mass is 354 g/mol. The number of rotatable bonds is 11. The van der Waals surface area contributed by atoms with Crippen molar-refractivity contribution in [2.45, 2.75) is 46.1 Å². The van der Waals surface area contributed by atoms with Crippen LogP contribution in [0.25, 0.3) is 0 Å². The summed E-state index contributed by atoms with van der Waals surface area (Å²) in [7, 11) is 0. The summed E-state index contributed by atoms with van der Waals surface area (Å²) in [6.45, 7) is 13.7. The molecule has 0 saturated heterocycles. The van der Waals surface area contributed by atoms with Gasteiger partial charge in [0.25, 0.3) is 0 Å².